The van der Waals surface area contributed by atoms with E-state index < -0.39 is 0 Å². The summed E-state index contributed by atoms with van der Waals surface area (Å²) in [4.78, 5) is 16.8. The Morgan fingerprint density at radius 2 is 2.09 bits per heavy atom. The Morgan fingerprint density at radius 1 is 1.36 bits per heavy atom. The maximum atomic E-state index is 12.5. The molecule has 0 aliphatic carbocycles. The molecule has 2 aliphatic heterocycles. The molecule has 0 radical (unpaired) electrons. The van der Waals surface area contributed by atoms with E-state index in [-0.39, 0.29) is 11.5 Å². The van der Waals surface area contributed by atoms with Crippen LogP contribution < -0.4 is 0 Å². The third-order valence-electron chi connectivity index (χ3n) is 5.25. The van der Waals surface area contributed by atoms with Gasteiger partial charge in [0, 0.05) is 25.7 Å². The maximum Gasteiger partial charge on any atom is 0.257 e. The minimum absolute atomic E-state index is 0.0323. The molecule has 22 heavy (non-hydrogen) atoms. The molecule has 1 aromatic heterocycles. The molecule has 1 aromatic rings. The second-order valence-corrected chi connectivity index (χ2v) is 6.82. The Labute approximate surface area is 132 Å². The zero-order chi connectivity index (χ0) is 15.7. The van der Waals surface area contributed by atoms with E-state index in [1.165, 1.54) is 0 Å². The number of hydrogen-bond donors (Lipinski definition) is 0. The predicted molar refractivity (Wildman–Crippen MR) is 84.0 cm³/mol. The largest absolute Gasteiger partial charge is 0.469 e. The fourth-order valence-corrected chi connectivity index (χ4v) is 3.69. The van der Waals surface area contributed by atoms with Gasteiger partial charge in [-0.15, -0.1) is 0 Å². The van der Waals surface area contributed by atoms with Gasteiger partial charge >= 0.3 is 0 Å². The Kier molecular flexibility index (Phi) is 4.28. The molecule has 0 bridgehead atoms. The van der Waals surface area contributed by atoms with Crippen molar-refractivity contribution in [2.45, 2.75) is 44.2 Å². The number of likely N-dealkylation sites (tertiary alicyclic amines) is 1. The highest BCUT2D eigenvalue weighted by Gasteiger charge is 2.41. The second kappa shape index (κ2) is 6.05. The van der Waals surface area contributed by atoms with Crippen LogP contribution in [-0.4, -0.2) is 61.1 Å². The van der Waals surface area contributed by atoms with Crippen LogP contribution in [0, 0.1) is 6.92 Å². The number of aryl methyl sites for hydroxylation is 1. The minimum Gasteiger partial charge on any atom is -0.469 e. The van der Waals surface area contributed by atoms with E-state index in [4.69, 9.17) is 9.15 Å². The number of furan rings is 1. The first-order valence-corrected chi connectivity index (χ1v) is 8.14. The molecular weight excluding hydrogens is 280 g/mol. The Morgan fingerprint density at radius 3 is 2.68 bits per heavy atom. The quantitative estimate of drug-likeness (QED) is 0.841. The third-order valence-corrected chi connectivity index (χ3v) is 5.25. The van der Waals surface area contributed by atoms with Crippen molar-refractivity contribution in [2.24, 2.45) is 0 Å². The van der Waals surface area contributed by atoms with Crippen LogP contribution in [-0.2, 0) is 4.74 Å². The van der Waals surface area contributed by atoms with Gasteiger partial charge in [-0.25, -0.2) is 0 Å². The lowest BCUT2D eigenvalue weighted by atomic mass is 9.82. The van der Waals surface area contributed by atoms with Crippen LogP contribution in [0.5, 0.6) is 0 Å². The summed E-state index contributed by atoms with van der Waals surface area (Å²) < 4.78 is 11.4. The summed E-state index contributed by atoms with van der Waals surface area (Å²) in [5.41, 5.74) is 0.654. The Balaban J connectivity index is 1.63. The number of hydrogen-bond acceptors (Lipinski definition) is 4. The predicted octanol–water partition coefficient (Wildman–Crippen LogP) is 2.30. The normalized spacial score (nSPS) is 24.9. The monoisotopic (exact) mass is 306 g/mol. The molecule has 2 aliphatic rings. The third kappa shape index (κ3) is 2.92. The lowest BCUT2D eigenvalue weighted by molar-refractivity contribution is -0.125. The summed E-state index contributed by atoms with van der Waals surface area (Å²) >= 11 is 0. The molecule has 0 saturated carbocycles. The molecule has 0 aromatic carbocycles. The van der Waals surface area contributed by atoms with Gasteiger partial charge in [0.05, 0.1) is 17.4 Å². The highest BCUT2D eigenvalue weighted by atomic mass is 16.5. The number of ether oxygens (including phenoxy) is 1. The van der Waals surface area contributed by atoms with E-state index in [1.807, 2.05) is 11.8 Å². The number of carbonyl (C=O) groups is 1. The van der Waals surface area contributed by atoms with Crippen molar-refractivity contribution in [3.63, 3.8) is 0 Å². The van der Waals surface area contributed by atoms with Crippen LogP contribution in [0.25, 0.3) is 0 Å². The summed E-state index contributed by atoms with van der Waals surface area (Å²) in [5.74, 6) is 0.785. The Hall–Kier alpha value is -1.33. The molecular formula is C17H26N2O3. The fourth-order valence-electron chi connectivity index (χ4n) is 3.69. The van der Waals surface area contributed by atoms with Gasteiger partial charge in [-0.1, -0.05) is 0 Å². The molecule has 0 N–H and O–H groups in total. The van der Waals surface area contributed by atoms with Gasteiger partial charge in [0.2, 0.25) is 0 Å². The molecule has 3 heterocycles. The zero-order valence-electron chi connectivity index (χ0n) is 13.8. The topological polar surface area (TPSA) is 45.9 Å². The Bertz CT molecular complexity index is 530. The molecule has 1 atom stereocenters. The van der Waals surface area contributed by atoms with Crippen molar-refractivity contribution < 1.29 is 13.9 Å². The molecule has 0 unspecified atom stereocenters. The number of amides is 1. The highest BCUT2D eigenvalue weighted by Crippen LogP contribution is 2.36. The van der Waals surface area contributed by atoms with Gasteiger partial charge in [0.25, 0.3) is 5.91 Å². The molecule has 3 rings (SSSR count). The van der Waals surface area contributed by atoms with Gasteiger partial charge in [0.1, 0.15) is 5.76 Å². The van der Waals surface area contributed by atoms with Crippen molar-refractivity contribution >= 4 is 5.91 Å². The molecule has 5 nitrogen and oxygen atoms in total. The van der Waals surface area contributed by atoms with E-state index in [0.29, 0.717) is 17.4 Å². The maximum absolute atomic E-state index is 12.5. The molecule has 1 spiro atoms. The molecule has 2 saturated heterocycles. The van der Waals surface area contributed by atoms with Crippen LogP contribution >= 0.6 is 0 Å². The summed E-state index contributed by atoms with van der Waals surface area (Å²) in [6, 6.07) is 2.36. The van der Waals surface area contributed by atoms with Crippen molar-refractivity contribution in [1.82, 2.24) is 9.80 Å². The van der Waals surface area contributed by atoms with Crippen LogP contribution in [0.15, 0.2) is 16.7 Å². The van der Waals surface area contributed by atoms with Crippen LogP contribution in [0.1, 0.15) is 41.8 Å². The minimum atomic E-state index is -0.0323. The van der Waals surface area contributed by atoms with E-state index in [0.717, 1.165) is 45.4 Å². The summed E-state index contributed by atoms with van der Waals surface area (Å²) in [5, 5.41) is 0. The highest BCUT2D eigenvalue weighted by molar-refractivity contribution is 5.95. The zero-order valence-corrected chi connectivity index (χ0v) is 13.8. The number of rotatable bonds is 2. The molecule has 1 amide bonds. The molecule has 122 valence electrons. The summed E-state index contributed by atoms with van der Waals surface area (Å²) in [6.45, 7) is 4.20. The number of nitrogens with zero attached hydrogens (tertiary/aromatic N) is 2. The van der Waals surface area contributed by atoms with Gasteiger partial charge in [-0.2, -0.15) is 0 Å². The van der Waals surface area contributed by atoms with E-state index in [2.05, 4.69) is 19.0 Å². The van der Waals surface area contributed by atoms with Crippen LogP contribution in [0.4, 0.5) is 0 Å². The van der Waals surface area contributed by atoms with E-state index in [9.17, 15) is 4.79 Å². The first-order valence-electron chi connectivity index (χ1n) is 8.14. The average Bonchev–Trinajstić information content (AvgIpc) is 2.93. The van der Waals surface area contributed by atoms with E-state index >= 15 is 0 Å². The van der Waals surface area contributed by atoms with Gasteiger partial charge in [-0.05, 0) is 52.8 Å². The number of piperidine rings is 1. The first kappa shape index (κ1) is 15.6. The van der Waals surface area contributed by atoms with Crippen molar-refractivity contribution in [1.29, 1.82) is 0 Å². The van der Waals surface area contributed by atoms with Crippen molar-refractivity contribution in [2.75, 3.05) is 33.8 Å². The van der Waals surface area contributed by atoms with Crippen LogP contribution in [0.2, 0.25) is 0 Å². The molecule has 5 heteroatoms. The SMILES string of the molecule is Cc1occc1C(=O)N1CCC2(CC1)C[C@@H](N(C)C)CCO2. The lowest BCUT2D eigenvalue weighted by Crippen LogP contribution is -2.53. The van der Waals surface area contributed by atoms with Gasteiger partial charge < -0.3 is 19.0 Å². The van der Waals surface area contributed by atoms with E-state index in [1.54, 1.807) is 12.3 Å². The number of carbonyl (C=O) groups excluding carboxylic acids is 1. The second-order valence-electron chi connectivity index (χ2n) is 6.82. The summed E-state index contributed by atoms with van der Waals surface area (Å²) in [7, 11) is 4.29. The average molecular weight is 306 g/mol. The smallest absolute Gasteiger partial charge is 0.257 e. The van der Waals surface area contributed by atoms with Crippen molar-refractivity contribution in [3.05, 3.63) is 23.7 Å². The standard InChI is InChI=1S/C17H26N2O3/c1-13-15(5-10-21-13)16(20)19-8-6-17(7-9-19)12-14(18(2)3)4-11-22-17/h5,10,14H,4,6-9,11-12H2,1-3H3/t14-/m0/s1. The van der Waals surface area contributed by atoms with Gasteiger partial charge in [-0.3, -0.25) is 4.79 Å². The first-order chi connectivity index (χ1) is 10.5. The van der Waals surface area contributed by atoms with Crippen molar-refractivity contribution in [3.8, 4) is 0 Å². The van der Waals surface area contributed by atoms with Crippen LogP contribution in [0.3, 0.4) is 0 Å². The van der Waals surface area contributed by atoms with Gasteiger partial charge in [0.15, 0.2) is 0 Å². The molecule has 2 fully saturated rings. The fraction of sp³-hybridized carbons (Fsp3) is 0.706. The lowest BCUT2D eigenvalue weighted by Gasteiger charge is -2.47. The summed E-state index contributed by atoms with van der Waals surface area (Å²) in [6.07, 6.45) is 5.62.